The highest BCUT2D eigenvalue weighted by Gasteiger charge is 2.22. The van der Waals surface area contributed by atoms with Crippen molar-refractivity contribution in [3.05, 3.63) is 34.9 Å². The first-order valence-corrected chi connectivity index (χ1v) is 5.63. The van der Waals surface area contributed by atoms with E-state index in [4.69, 9.17) is 5.11 Å². The lowest BCUT2D eigenvalue weighted by atomic mass is 10.1. The minimum Gasteiger partial charge on any atom is -0.393 e. The van der Waals surface area contributed by atoms with Gasteiger partial charge in [-0.25, -0.2) is 17.6 Å². The maximum Gasteiger partial charge on any atom is 0.254 e. The van der Waals surface area contributed by atoms with Gasteiger partial charge in [0.25, 0.3) is 5.91 Å². The summed E-state index contributed by atoms with van der Waals surface area (Å²) in [4.78, 5) is 11.5. The van der Waals surface area contributed by atoms with Crippen LogP contribution in [0.3, 0.4) is 0 Å². The van der Waals surface area contributed by atoms with Gasteiger partial charge in [-0.3, -0.25) is 4.79 Å². The van der Waals surface area contributed by atoms with Crippen LogP contribution in [0.25, 0.3) is 0 Å². The third-order valence-corrected chi connectivity index (χ3v) is 2.43. The lowest BCUT2D eigenvalue weighted by molar-refractivity contribution is 0.0943. The maximum atomic E-state index is 13.2. The molecule has 0 saturated heterocycles. The van der Waals surface area contributed by atoms with Crippen molar-refractivity contribution in [3.63, 3.8) is 0 Å². The van der Waals surface area contributed by atoms with E-state index in [0.717, 1.165) is 0 Å². The molecule has 106 valence electrons. The molecule has 7 heteroatoms. The summed E-state index contributed by atoms with van der Waals surface area (Å²) >= 11 is 0. The van der Waals surface area contributed by atoms with Gasteiger partial charge in [0.05, 0.1) is 11.7 Å². The Hall–Kier alpha value is -1.63. The third-order valence-electron chi connectivity index (χ3n) is 2.43. The van der Waals surface area contributed by atoms with Gasteiger partial charge in [0.15, 0.2) is 23.3 Å². The van der Waals surface area contributed by atoms with Crippen molar-refractivity contribution in [1.29, 1.82) is 0 Å². The van der Waals surface area contributed by atoms with Crippen LogP contribution in [-0.2, 0) is 0 Å². The zero-order valence-electron chi connectivity index (χ0n) is 10.1. The largest absolute Gasteiger partial charge is 0.393 e. The van der Waals surface area contributed by atoms with Crippen LogP contribution in [0.5, 0.6) is 0 Å². The molecular weight excluding hydrogens is 266 g/mol. The number of halogens is 4. The van der Waals surface area contributed by atoms with Gasteiger partial charge in [-0.15, -0.1) is 0 Å². The average molecular weight is 279 g/mol. The van der Waals surface area contributed by atoms with Crippen LogP contribution in [0.15, 0.2) is 6.07 Å². The Morgan fingerprint density at radius 3 is 2.47 bits per heavy atom. The van der Waals surface area contributed by atoms with E-state index in [9.17, 15) is 22.4 Å². The molecule has 2 N–H and O–H groups in total. The second kappa shape index (κ2) is 6.51. The molecule has 1 amide bonds. The molecule has 0 spiro atoms. The van der Waals surface area contributed by atoms with Crippen molar-refractivity contribution >= 4 is 5.91 Å². The monoisotopic (exact) mass is 279 g/mol. The van der Waals surface area contributed by atoms with Crippen LogP contribution in [-0.4, -0.2) is 23.7 Å². The maximum absolute atomic E-state index is 13.2. The molecule has 1 unspecified atom stereocenters. The molecule has 0 radical (unpaired) electrons. The van der Waals surface area contributed by atoms with E-state index in [2.05, 4.69) is 5.32 Å². The van der Waals surface area contributed by atoms with Gasteiger partial charge in [-0.2, -0.15) is 0 Å². The van der Waals surface area contributed by atoms with Gasteiger partial charge >= 0.3 is 0 Å². The predicted molar refractivity (Wildman–Crippen MR) is 59.5 cm³/mol. The number of hydrogen-bond donors (Lipinski definition) is 2. The first-order valence-electron chi connectivity index (χ1n) is 5.63. The van der Waals surface area contributed by atoms with E-state index < -0.39 is 40.8 Å². The number of aliphatic hydroxyl groups is 1. The molecule has 1 aromatic rings. The third kappa shape index (κ3) is 3.92. The van der Waals surface area contributed by atoms with E-state index in [1.165, 1.54) is 0 Å². The number of benzene rings is 1. The average Bonchev–Trinajstić information content (AvgIpc) is 2.36. The van der Waals surface area contributed by atoms with E-state index in [1.807, 2.05) is 0 Å². The van der Waals surface area contributed by atoms with Crippen LogP contribution < -0.4 is 5.32 Å². The van der Waals surface area contributed by atoms with Crippen molar-refractivity contribution in [2.24, 2.45) is 0 Å². The van der Waals surface area contributed by atoms with Crippen LogP contribution in [0, 0.1) is 23.3 Å². The summed E-state index contributed by atoms with van der Waals surface area (Å²) in [5, 5.41) is 11.2. The van der Waals surface area contributed by atoms with Crippen molar-refractivity contribution in [1.82, 2.24) is 5.32 Å². The highest BCUT2D eigenvalue weighted by atomic mass is 19.2. The van der Waals surface area contributed by atoms with Crippen molar-refractivity contribution in [3.8, 4) is 0 Å². The summed E-state index contributed by atoms with van der Waals surface area (Å²) in [5.41, 5.74) is -0.895. The van der Waals surface area contributed by atoms with Gasteiger partial charge in [0, 0.05) is 6.54 Å². The molecule has 0 saturated carbocycles. The Labute approximate surface area is 107 Å². The van der Waals surface area contributed by atoms with Crippen molar-refractivity contribution in [2.45, 2.75) is 25.9 Å². The molecule has 0 aromatic heterocycles. The van der Waals surface area contributed by atoms with E-state index in [-0.39, 0.29) is 6.54 Å². The van der Waals surface area contributed by atoms with E-state index in [0.29, 0.717) is 18.9 Å². The van der Waals surface area contributed by atoms with E-state index >= 15 is 0 Å². The Kier molecular flexibility index (Phi) is 5.29. The van der Waals surface area contributed by atoms with Crippen LogP contribution in [0.2, 0.25) is 0 Å². The molecule has 0 fully saturated rings. The summed E-state index contributed by atoms with van der Waals surface area (Å²) in [6.07, 6.45) is 0.279. The van der Waals surface area contributed by atoms with Crippen LogP contribution >= 0.6 is 0 Å². The fraction of sp³-hybridized carbons (Fsp3) is 0.417. The number of hydrogen-bond acceptors (Lipinski definition) is 2. The van der Waals surface area contributed by atoms with E-state index in [1.54, 1.807) is 6.92 Å². The molecule has 1 aromatic carbocycles. The molecule has 1 atom stereocenters. The highest BCUT2D eigenvalue weighted by molar-refractivity contribution is 5.94. The molecular formula is C12H13F4NO2. The molecule has 0 aliphatic heterocycles. The molecule has 19 heavy (non-hydrogen) atoms. The topological polar surface area (TPSA) is 49.3 Å². The minimum atomic E-state index is -2.02. The van der Waals surface area contributed by atoms with Gasteiger partial charge in [-0.05, 0) is 25.8 Å². The Bertz CT molecular complexity index is 477. The second-order valence-corrected chi connectivity index (χ2v) is 4.10. The highest BCUT2D eigenvalue weighted by Crippen LogP contribution is 2.18. The number of aliphatic hydroxyl groups excluding tert-OH is 1. The number of amides is 1. The molecule has 0 aliphatic carbocycles. The van der Waals surface area contributed by atoms with Gasteiger partial charge in [-0.1, -0.05) is 0 Å². The van der Waals surface area contributed by atoms with Crippen LogP contribution in [0.4, 0.5) is 17.6 Å². The molecule has 1 rings (SSSR count). The summed E-state index contributed by atoms with van der Waals surface area (Å²) < 4.78 is 51.7. The number of carbonyl (C=O) groups excluding carboxylic acids is 1. The standard InChI is InChI=1S/C12H13F4NO2/c1-6(18)3-2-4-17-12(19)7-5-8(13)10(15)11(16)9(7)14/h5-6,18H,2-4H2,1H3,(H,17,19). The van der Waals surface area contributed by atoms with Gasteiger partial charge in [0.1, 0.15) is 0 Å². The fourth-order valence-electron chi connectivity index (χ4n) is 1.43. The predicted octanol–water partition coefficient (Wildman–Crippen LogP) is 2.13. The number of rotatable bonds is 5. The summed E-state index contributed by atoms with van der Waals surface area (Å²) in [5.74, 6) is -8.38. The molecule has 3 nitrogen and oxygen atoms in total. The Balaban J connectivity index is 2.73. The molecule has 0 aliphatic rings. The van der Waals surface area contributed by atoms with Gasteiger partial charge in [0.2, 0.25) is 0 Å². The van der Waals surface area contributed by atoms with Crippen molar-refractivity contribution < 1.29 is 27.5 Å². The van der Waals surface area contributed by atoms with Gasteiger partial charge < -0.3 is 10.4 Å². The Morgan fingerprint density at radius 2 is 1.89 bits per heavy atom. The van der Waals surface area contributed by atoms with Crippen LogP contribution in [0.1, 0.15) is 30.1 Å². The zero-order chi connectivity index (χ0) is 14.6. The summed E-state index contributed by atoms with van der Waals surface area (Å²) in [6.45, 7) is 1.66. The zero-order valence-corrected chi connectivity index (χ0v) is 10.1. The quantitative estimate of drug-likeness (QED) is 0.375. The SMILES string of the molecule is CC(O)CCCNC(=O)c1cc(F)c(F)c(F)c1F. The molecule has 0 bridgehead atoms. The minimum absolute atomic E-state index is 0.101. The first-order chi connectivity index (χ1) is 8.84. The fourth-order valence-corrected chi connectivity index (χ4v) is 1.43. The smallest absolute Gasteiger partial charge is 0.254 e. The van der Waals surface area contributed by atoms with Crippen molar-refractivity contribution in [2.75, 3.05) is 6.54 Å². The number of nitrogens with one attached hydrogen (secondary N) is 1. The summed E-state index contributed by atoms with van der Waals surface area (Å²) in [6, 6.07) is 0.303. The lowest BCUT2D eigenvalue weighted by Crippen LogP contribution is -2.26. The lowest BCUT2D eigenvalue weighted by Gasteiger charge is -2.08. The summed E-state index contributed by atoms with van der Waals surface area (Å²) in [7, 11) is 0. The second-order valence-electron chi connectivity index (χ2n) is 4.10. The first kappa shape index (κ1) is 15.4. The Morgan fingerprint density at radius 1 is 1.26 bits per heavy atom. The number of carbonyl (C=O) groups is 1. The molecule has 0 heterocycles. The normalized spacial score (nSPS) is 12.3.